The number of thiophene rings is 1. The molecule has 3 aromatic rings. The Morgan fingerprint density at radius 1 is 1.20 bits per heavy atom. The molecule has 5 heteroatoms. The van der Waals surface area contributed by atoms with Crippen molar-refractivity contribution in [3.8, 4) is 0 Å². The van der Waals surface area contributed by atoms with Gasteiger partial charge in [-0.3, -0.25) is 0 Å². The van der Waals surface area contributed by atoms with Gasteiger partial charge in [-0.15, -0.1) is 10.2 Å². The Morgan fingerprint density at radius 3 is 2.75 bits per heavy atom. The predicted molar refractivity (Wildman–Crippen MR) is 78.8 cm³/mol. The fraction of sp³-hybridized carbons (Fsp3) is 0.200. The lowest BCUT2D eigenvalue weighted by atomic mass is 10.1. The van der Waals surface area contributed by atoms with Gasteiger partial charge < -0.3 is 9.73 Å². The maximum atomic E-state index is 5.78. The molecule has 1 aromatic carbocycles. The average molecular weight is 285 g/mol. The molecule has 0 fully saturated rings. The molecule has 3 rings (SSSR count). The summed E-state index contributed by atoms with van der Waals surface area (Å²) in [5.74, 6) is 1.25. The minimum Gasteiger partial charge on any atom is -0.423 e. The van der Waals surface area contributed by atoms with Crippen LogP contribution in [0.5, 0.6) is 0 Å². The van der Waals surface area contributed by atoms with Crippen LogP contribution in [0.2, 0.25) is 0 Å². The lowest BCUT2D eigenvalue weighted by Crippen LogP contribution is -2.17. The summed E-state index contributed by atoms with van der Waals surface area (Å²) >= 11 is 1.67. The first-order valence-electron chi connectivity index (χ1n) is 6.42. The normalized spacial score (nSPS) is 12.4. The maximum Gasteiger partial charge on any atom is 0.237 e. The van der Waals surface area contributed by atoms with Crippen molar-refractivity contribution in [2.24, 2.45) is 0 Å². The molecule has 2 heterocycles. The Hall–Kier alpha value is -1.98. The fourth-order valence-corrected chi connectivity index (χ4v) is 2.77. The first-order chi connectivity index (χ1) is 9.86. The van der Waals surface area contributed by atoms with E-state index in [1.54, 1.807) is 11.3 Å². The van der Waals surface area contributed by atoms with Crippen LogP contribution >= 0.6 is 11.3 Å². The monoisotopic (exact) mass is 285 g/mol. The molecular formula is C15H15N3OS. The van der Waals surface area contributed by atoms with Gasteiger partial charge in [0.05, 0.1) is 6.42 Å². The molecule has 1 atom stereocenters. The smallest absolute Gasteiger partial charge is 0.237 e. The van der Waals surface area contributed by atoms with Crippen molar-refractivity contribution < 1.29 is 4.42 Å². The van der Waals surface area contributed by atoms with Gasteiger partial charge >= 0.3 is 0 Å². The molecule has 1 unspecified atom stereocenters. The van der Waals surface area contributed by atoms with Crippen LogP contribution in [0.25, 0.3) is 0 Å². The topological polar surface area (TPSA) is 51.0 Å². The highest BCUT2D eigenvalue weighted by Crippen LogP contribution is 2.21. The summed E-state index contributed by atoms with van der Waals surface area (Å²) in [5.41, 5.74) is 2.31. The Morgan fingerprint density at radius 2 is 2.05 bits per heavy atom. The zero-order valence-electron chi connectivity index (χ0n) is 11.1. The molecule has 0 spiro atoms. The van der Waals surface area contributed by atoms with Crippen molar-refractivity contribution in [3.05, 3.63) is 70.1 Å². The fourth-order valence-electron chi connectivity index (χ4n) is 2.10. The van der Waals surface area contributed by atoms with Crippen LogP contribution in [0.1, 0.15) is 29.0 Å². The van der Waals surface area contributed by atoms with Gasteiger partial charge in [0.1, 0.15) is 6.04 Å². The van der Waals surface area contributed by atoms with E-state index in [4.69, 9.17) is 4.42 Å². The van der Waals surface area contributed by atoms with E-state index >= 15 is 0 Å². The number of hydrogen-bond acceptors (Lipinski definition) is 5. The lowest BCUT2D eigenvalue weighted by molar-refractivity contribution is 0.421. The van der Waals surface area contributed by atoms with E-state index in [1.165, 1.54) is 5.56 Å². The van der Waals surface area contributed by atoms with Crippen LogP contribution in [0.3, 0.4) is 0 Å². The van der Waals surface area contributed by atoms with Gasteiger partial charge in [0.15, 0.2) is 0 Å². The molecule has 1 N–H and O–H groups in total. The minimum absolute atomic E-state index is 0.0695. The maximum absolute atomic E-state index is 5.78. The van der Waals surface area contributed by atoms with Gasteiger partial charge in [0.25, 0.3) is 0 Å². The SMILES string of the molecule is CNC(c1ccccc1)c1nnc(Cc2ccsc2)o1. The molecule has 0 aliphatic heterocycles. The molecule has 0 saturated heterocycles. The zero-order valence-corrected chi connectivity index (χ0v) is 11.9. The highest BCUT2D eigenvalue weighted by atomic mass is 32.1. The van der Waals surface area contributed by atoms with Gasteiger partial charge in [-0.25, -0.2) is 0 Å². The first-order valence-corrected chi connectivity index (χ1v) is 7.36. The second-order valence-corrected chi connectivity index (χ2v) is 5.25. The van der Waals surface area contributed by atoms with E-state index < -0.39 is 0 Å². The number of hydrogen-bond donors (Lipinski definition) is 1. The molecule has 2 aromatic heterocycles. The van der Waals surface area contributed by atoms with Crippen LogP contribution in [0, 0.1) is 0 Å². The van der Waals surface area contributed by atoms with Crippen molar-refractivity contribution in [3.63, 3.8) is 0 Å². The molecule has 0 saturated carbocycles. The van der Waals surface area contributed by atoms with Gasteiger partial charge in [-0.2, -0.15) is 11.3 Å². The second-order valence-electron chi connectivity index (χ2n) is 4.47. The van der Waals surface area contributed by atoms with Crippen LogP contribution in [0.4, 0.5) is 0 Å². The number of benzene rings is 1. The summed E-state index contributed by atoms with van der Waals surface area (Å²) in [6, 6.07) is 12.1. The highest BCUT2D eigenvalue weighted by Gasteiger charge is 2.18. The van der Waals surface area contributed by atoms with E-state index in [1.807, 2.05) is 42.8 Å². The molecule has 0 aliphatic rings. The Balaban J connectivity index is 1.81. The van der Waals surface area contributed by atoms with Gasteiger partial charge in [-0.05, 0) is 35.0 Å². The van der Waals surface area contributed by atoms with Crippen LogP contribution < -0.4 is 5.32 Å². The molecule has 0 amide bonds. The van der Waals surface area contributed by atoms with Gasteiger partial charge in [0.2, 0.25) is 11.8 Å². The third-order valence-electron chi connectivity index (χ3n) is 3.09. The van der Waals surface area contributed by atoms with Crippen LogP contribution in [-0.2, 0) is 6.42 Å². The van der Waals surface area contributed by atoms with E-state index in [0.717, 1.165) is 5.56 Å². The molecule has 102 valence electrons. The molecule has 0 aliphatic carbocycles. The van der Waals surface area contributed by atoms with Crippen molar-refractivity contribution >= 4 is 11.3 Å². The second kappa shape index (κ2) is 5.98. The summed E-state index contributed by atoms with van der Waals surface area (Å²) in [4.78, 5) is 0. The van der Waals surface area contributed by atoms with Gasteiger partial charge in [-0.1, -0.05) is 30.3 Å². The standard InChI is InChI=1S/C15H15N3OS/c1-16-14(12-5-3-2-4-6-12)15-18-17-13(19-15)9-11-7-8-20-10-11/h2-8,10,14,16H,9H2,1H3. The number of rotatable bonds is 5. The first kappa shape index (κ1) is 13.0. The van der Waals surface area contributed by atoms with E-state index in [-0.39, 0.29) is 6.04 Å². The predicted octanol–water partition coefficient (Wildman–Crippen LogP) is 3.03. The third-order valence-corrected chi connectivity index (χ3v) is 3.82. The quantitative estimate of drug-likeness (QED) is 0.783. The lowest BCUT2D eigenvalue weighted by Gasteiger charge is -2.11. The summed E-state index contributed by atoms with van der Waals surface area (Å²) in [6.45, 7) is 0. The molecule has 4 nitrogen and oxygen atoms in total. The summed E-state index contributed by atoms with van der Waals surface area (Å²) in [6.07, 6.45) is 0.682. The summed E-state index contributed by atoms with van der Waals surface area (Å²) < 4.78 is 5.78. The molecule has 0 radical (unpaired) electrons. The van der Waals surface area contributed by atoms with E-state index in [2.05, 4.69) is 27.0 Å². The molecule has 20 heavy (non-hydrogen) atoms. The van der Waals surface area contributed by atoms with E-state index in [9.17, 15) is 0 Å². The molecule has 0 bridgehead atoms. The Labute approximate surface area is 121 Å². The van der Waals surface area contributed by atoms with Crippen molar-refractivity contribution in [1.82, 2.24) is 15.5 Å². The molecular weight excluding hydrogens is 270 g/mol. The Kier molecular flexibility index (Phi) is 3.90. The van der Waals surface area contributed by atoms with Gasteiger partial charge in [0, 0.05) is 0 Å². The number of nitrogens with one attached hydrogen (secondary N) is 1. The van der Waals surface area contributed by atoms with E-state index in [0.29, 0.717) is 18.2 Å². The summed E-state index contributed by atoms with van der Waals surface area (Å²) in [5, 5.41) is 15.7. The zero-order chi connectivity index (χ0) is 13.8. The van der Waals surface area contributed by atoms with Crippen LogP contribution in [0.15, 0.2) is 51.6 Å². The number of nitrogens with zero attached hydrogens (tertiary/aromatic N) is 2. The van der Waals surface area contributed by atoms with Crippen molar-refractivity contribution in [1.29, 1.82) is 0 Å². The van der Waals surface area contributed by atoms with Crippen molar-refractivity contribution in [2.75, 3.05) is 7.05 Å². The third kappa shape index (κ3) is 2.79. The summed E-state index contributed by atoms with van der Waals surface area (Å²) in [7, 11) is 1.89. The van der Waals surface area contributed by atoms with Crippen molar-refractivity contribution in [2.45, 2.75) is 12.5 Å². The minimum atomic E-state index is -0.0695. The average Bonchev–Trinajstić information content (AvgIpc) is 3.14. The Bertz CT molecular complexity index is 649. The highest BCUT2D eigenvalue weighted by molar-refractivity contribution is 7.07. The largest absolute Gasteiger partial charge is 0.423 e. The van der Waals surface area contributed by atoms with Crippen LogP contribution in [-0.4, -0.2) is 17.2 Å². The number of aromatic nitrogens is 2.